The molecule has 0 aromatic heterocycles. The largest absolute Gasteiger partial charge is 0.352 e. The summed E-state index contributed by atoms with van der Waals surface area (Å²) in [5.41, 5.74) is 2.26. The van der Waals surface area contributed by atoms with Crippen molar-refractivity contribution in [2.45, 2.75) is 32.7 Å². The molecule has 0 spiro atoms. The average Bonchev–Trinajstić information content (AvgIpc) is 2.95. The molecule has 3 N–H and O–H groups in total. The summed E-state index contributed by atoms with van der Waals surface area (Å²) in [6.07, 6.45) is 1.91. The molecule has 0 bridgehead atoms. The highest BCUT2D eigenvalue weighted by molar-refractivity contribution is 5.98. The number of hydrogen-bond acceptors (Lipinski definition) is 3. The first-order valence-electron chi connectivity index (χ1n) is 7.05. The average molecular weight is 275 g/mol. The maximum atomic E-state index is 12.0. The molecule has 108 valence electrons. The van der Waals surface area contributed by atoms with Gasteiger partial charge in [-0.15, -0.1) is 0 Å². The van der Waals surface area contributed by atoms with E-state index in [2.05, 4.69) is 16.0 Å². The van der Waals surface area contributed by atoms with Crippen molar-refractivity contribution in [3.05, 3.63) is 29.3 Å². The minimum absolute atomic E-state index is 0.00337. The Bertz CT molecular complexity index is 508. The Morgan fingerprint density at radius 2 is 2.20 bits per heavy atom. The predicted molar refractivity (Wildman–Crippen MR) is 78.8 cm³/mol. The van der Waals surface area contributed by atoms with Gasteiger partial charge in [-0.2, -0.15) is 0 Å². The number of carbonyl (C=O) groups is 2. The van der Waals surface area contributed by atoms with E-state index in [0.29, 0.717) is 12.1 Å². The molecular weight excluding hydrogens is 254 g/mol. The number of aryl methyl sites for hydroxylation is 1. The number of nitrogens with one attached hydrogen (secondary N) is 3. The van der Waals surface area contributed by atoms with E-state index in [-0.39, 0.29) is 17.9 Å². The molecule has 0 aliphatic carbocycles. The molecule has 0 radical (unpaired) electrons. The summed E-state index contributed by atoms with van der Waals surface area (Å²) in [6.45, 7) is 5.27. The highest BCUT2D eigenvalue weighted by Crippen LogP contribution is 2.18. The van der Waals surface area contributed by atoms with E-state index in [1.165, 1.54) is 0 Å². The number of rotatable bonds is 4. The Morgan fingerprint density at radius 1 is 1.40 bits per heavy atom. The molecule has 2 amide bonds. The fraction of sp³-hybridized carbons (Fsp3) is 0.467. The summed E-state index contributed by atoms with van der Waals surface area (Å²) in [7, 11) is 0. The lowest BCUT2D eigenvalue weighted by Crippen LogP contribution is -2.35. The third kappa shape index (κ3) is 3.36. The Balaban J connectivity index is 2.05. The van der Waals surface area contributed by atoms with Crippen LogP contribution >= 0.6 is 0 Å². The molecule has 0 saturated carbocycles. The van der Waals surface area contributed by atoms with Crippen molar-refractivity contribution >= 4 is 17.5 Å². The molecule has 1 aromatic rings. The summed E-state index contributed by atoms with van der Waals surface area (Å²) in [4.78, 5) is 23.8. The van der Waals surface area contributed by atoms with Crippen LogP contribution in [0, 0.1) is 6.92 Å². The minimum atomic E-state index is -0.0996. The number of amides is 2. The molecular formula is C15H21N3O2. The second kappa shape index (κ2) is 6.52. The van der Waals surface area contributed by atoms with Crippen molar-refractivity contribution in [3.8, 4) is 0 Å². The van der Waals surface area contributed by atoms with Crippen LogP contribution in [-0.4, -0.2) is 30.9 Å². The van der Waals surface area contributed by atoms with Crippen LogP contribution in [-0.2, 0) is 4.79 Å². The third-order valence-electron chi connectivity index (χ3n) is 3.46. The van der Waals surface area contributed by atoms with Gasteiger partial charge in [0.2, 0.25) is 5.91 Å². The van der Waals surface area contributed by atoms with E-state index < -0.39 is 0 Å². The Labute approximate surface area is 119 Å². The van der Waals surface area contributed by atoms with Gasteiger partial charge in [0.1, 0.15) is 0 Å². The zero-order chi connectivity index (χ0) is 14.5. The van der Waals surface area contributed by atoms with E-state index in [9.17, 15) is 9.59 Å². The lowest BCUT2D eigenvalue weighted by molar-refractivity contribution is -0.117. The molecule has 1 atom stereocenters. The van der Waals surface area contributed by atoms with Crippen molar-refractivity contribution in [1.82, 2.24) is 10.6 Å². The van der Waals surface area contributed by atoms with Crippen LogP contribution in [0.4, 0.5) is 5.69 Å². The molecule has 1 heterocycles. The van der Waals surface area contributed by atoms with Gasteiger partial charge < -0.3 is 16.0 Å². The monoisotopic (exact) mass is 275 g/mol. The van der Waals surface area contributed by atoms with Crippen molar-refractivity contribution in [2.24, 2.45) is 0 Å². The van der Waals surface area contributed by atoms with Crippen LogP contribution < -0.4 is 16.0 Å². The smallest absolute Gasteiger partial charge is 0.251 e. The summed E-state index contributed by atoms with van der Waals surface area (Å²) in [6, 6.07) is 5.21. The first-order valence-corrected chi connectivity index (χ1v) is 7.05. The van der Waals surface area contributed by atoms with Gasteiger partial charge >= 0.3 is 0 Å². The van der Waals surface area contributed by atoms with Crippen LogP contribution in [0.2, 0.25) is 0 Å². The fourth-order valence-electron chi connectivity index (χ4n) is 2.34. The van der Waals surface area contributed by atoms with Crippen molar-refractivity contribution in [3.63, 3.8) is 0 Å². The van der Waals surface area contributed by atoms with Gasteiger partial charge in [-0.05, 0) is 57.0 Å². The standard InChI is InChI=1S/C15H21N3O2/c1-3-16-14(19)11-6-7-12(10(2)9-11)18-15(20)13-5-4-8-17-13/h6-7,9,13,17H,3-5,8H2,1-2H3,(H,16,19)(H,18,20)/t13-/m0/s1. The number of anilines is 1. The van der Waals surface area contributed by atoms with Gasteiger partial charge in [0.15, 0.2) is 0 Å². The minimum Gasteiger partial charge on any atom is -0.352 e. The topological polar surface area (TPSA) is 70.2 Å². The van der Waals surface area contributed by atoms with Gasteiger partial charge in [0, 0.05) is 17.8 Å². The number of carbonyl (C=O) groups excluding carboxylic acids is 2. The van der Waals surface area contributed by atoms with Crippen molar-refractivity contribution < 1.29 is 9.59 Å². The van der Waals surface area contributed by atoms with Gasteiger partial charge in [-0.1, -0.05) is 0 Å². The summed E-state index contributed by atoms with van der Waals surface area (Å²) in [5.74, 6) is -0.0951. The van der Waals surface area contributed by atoms with Gasteiger partial charge in [0.25, 0.3) is 5.91 Å². The molecule has 1 aliphatic heterocycles. The number of hydrogen-bond donors (Lipinski definition) is 3. The van der Waals surface area contributed by atoms with E-state index in [1.54, 1.807) is 18.2 Å². The lowest BCUT2D eigenvalue weighted by Gasteiger charge is -2.13. The molecule has 1 aliphatic rings. The quantitative estimate of drug-likeness (QED) is 0.778. The molecule has 1 fully saturated rings. The zero-order valence-electron chi connectivity index (χ0n) is 12.0. The van der Waals surface area contributed by atoms with Crippen LogP contribution in [0.15, 0.2) is 18.2 Å². The Morgan fingerprint density at radius 3 is 2.80 bits per heavy atom. The molecule has 0 unspecified atom stereocenters. The highest BCUT2D eigenvalue weighted by Gasteiger charge is 2.22. The third-order valence-corrected chi connectivity index (χ3v) is 3.46. The van der Waals surface area contributed by atoms with Crippen molar-refractivity contribution in [1.29, 1.82) is 0 Å². The fourth-order valence-corrected chi connectivity index (χ4v) is 2.34. The maximum Gasteiger partial charge on any atom is 0.251 e. The molecule has 1 saturated heterocycles. The molecule has 20 heavy (non-hydrogen) atoms. The van der Waals surface area contributed by atoms with E-state index >= 15 is 0 Å². The second-order valence-electron chi connectivity index (χ2n) is 5.03. The first-order chi connectivity index (χ1) is 9.61. The molecule has 5 heteroatoms. The van der Waals surface area contributed by atoms with Crippen molar-refractivity contribution in [2.75, 3.05) is 18.4 Å². The maximum absolute atomic E-state index is 12.0. The number of benzene rings is 1. The summed E-state index contributed by atoms with van der Waals surface area (Å²) < 4.78 is 0. The van der Waals surface area contributed by atoms with Crippen LogP contribution in [0.25, 0.3) is 0 Å². The first kappa shape index (κ1) is 14.5. The zero-order valence-corrected chi connectivity index (χ0v) is 12.0. The van der Waals surface area contributed by atoms with Crippen LogP contribution in [0.3, 0.4) is 0 Å². The van der Waals surface area contributed by atoms with Crippen LogP contribution in [0.5, 0.6) is 0 Å². The lowest BCUT2D eigenvalue weighted by atomic mass is 10.1. The second-order valence-corrected chi connectivity index (χ2v) is 5.03. The molecule has 1 aromatic carbocycles. The SMILES string of the molecule is CCNC(=O)c1ccc(NC(=O)[C@@H]2CCCN2)c(C)c1. The Hall–Kier alpha value is -1.88. The van der Waals surface area contributed by atoms with E-state index in [1.807, 2.05) is 13.8 Å². The normalized spacial score (nSPS) is 17.8. The van der Waals surface area contributed by atoms with Crippen LogP contribution in [0.1, 0.15) is 35.7 Å². The molecule has 2 rings (SSSR count). The highest BCUT2D eigenvalue weighted by atomic mass is 16.2. The van der Waals surface area contributed by atoms with Gasteiger partial charge in [0.05, 0.1) is 6.04 Å². The van der Waals surface area contributed by atoms with E-state index in [4.69, 9.17) is 0 Å². The molecule has 5 nitrogen and oxygen atoms in total. The Kier molecular flexibility index (Phi) is 4.74. The summed E-state index contributed by atoms with van der Waals surface area (Å²) >= 11 is 0. The predicted octanol–water partition coefficient (Wildman–Crippen LogP) is 1.44. The summed E-state index contributed by atoms with van der Waals surface area (Å²) in [5, 5.41) is 8.84. The van der Waals surface area contributed by atoms with Gasteiger partial charge in [-0.3, -0.25) is 9.59 Å². The van der Waals surface area contributed by atoms with E-state index in [0.717, 1.165) is 30.6 Å². The van der Waals surface area contributed by atoms with Gasteiger partial charge in [-0.25, -0.2) is 0 Å².